The second-order valence-corrected chi connectivity index (χ2v) is 21.1. The van der Waals surface area contributed by atoms with E-state index >= 15 is 0 Å². The summed E-state index contributed by atoms with van der Waals surface area (Å²) in [6.07, 6.45) is 0.744. The molecule has 0 spiro atoms. The predicted octanol–water partition coefficient (Wildman–Crippen LogP) is 6.68. The number of aromatic nitrogens is 4. The molecule has 0 radical (unpaired) electrons. The Kier molecular flexibility index (Phi) is 13.4. The lowest BCUT2D eigenvalue weighted by molar-refractivity contribution is -0.145. The van der Waals surface area contributed by atoms with Gasteiger partial charge in [-0.1, -0.05) is 30.7 Å². The maximum Gasteiger partial charge on any atom is 0.345 e. The highest BCUT2D eigenvalue weighted by atomic mass is 35.5. The fourth-order valence-electron chi connectivity index (χ4n) is 8.68. The van der Waals surface area contributed by atoms with Gasteiger partial charge in [-0.3, -0.25) is 4.90 Å². The minimum Gasteiger partial charge on any atom is -0.490 e. The quantitative estimate of drug-likeness (QED) is 0.163. The van der Waals surface area contributed by atoms with E-state index in [-0.39, 0.29) is 50.1 Å². The summed E-state index contributed by atoms with van der Waals surface area (Å²) in [6, 6.07) is 13.0. The minimum absolute atomic E-state index is 0.00648. The zero-order chi connectivity index (χ0) is 46.3. The zero-order valence-corrected chi connectivity index (χ0v) is 39.6. The summed E-state index contributed by atoms with van der Waals surface area (Å²) in [5, 5.41) is 10.9. The molecule has 348 valence electrons. The van der Waals surface area contributed by atoms with Crippen LogP contribution >= 0.6 is 34.5 Å². The van der Waals surface area contributed by atoms with Gasteiger partial charge in [0.05, 0.1) is 33.0 Å². The van der Waals surface area contributed by atoms with Crippen LogP contribution in [0.5, 0.6) is 17.4 Å². The molecule has 66 heavy (non-hydrogen) atoms. The Labute approximate surface area is 395 Å². The first kappa shape index (κ1) is 46.0. The second-order valence-electron chi connectivity index (χ2n) is 16.9. The molecule has 0 amide bonds. The molecule has 2 aromatic carbocycles. The van der Waals surface area contributed by atoms with Crippen LogP contribution in [-0.2, 0) is 32.4 Å². The Bertz CT molecular complexity index is 2810. The molecule has 0 saturated carbocycles. The number of carbonyl (C=O) groups is 1. The number of rotatable bonds is 8. The lowest BCUT2D eigenvalue weighted by Crippen LogP contribution is -2.48. The smallest absolute Gasteiger partial charge is 0.345 e. The Balaban J connectivity index is 1.14. The molecule has 10 rings (SSSR count). The SMILES string of the molecule is CC1=C2c3c(-c4ccc(F)cc4)sc4ncnc(c34)O[C@@H](C(=O)O)Cc3cc(ccc3OCc3ccnc(N4CCS(=O)(=O)CC4)n3)OC[C@@H](CN3CCN(C)CC3)OC(=C1Cl)C(Cl)C2C. The number of hydrogen-bond acceptors (Lipinski definition) is 15. The Morgan fingerprint density at radius 3 is 2.52 bits per heavy atom. The van der Waals surface area contributed by atoms with Crippen molar-refractivity contribution >= 4 is 72.1 Å². The molecule has 15 nitrogen and oxygen atoms in total. The molecule has 1 N–H and O–H groups in total. The normalized spacial score (nSPS) is 23.0. The van der Waals surface area contributed by atoms with E-state index in [1.54, 1.807) is 42.6 Å². The fraction of sp³-hybridized carbons (Fsp3) is 0.413. The molecular weight excluding hydrogens is 933 g/mol. The van der Waals surface area contributed by atoms with Gasteiger partial charge in [0.1, 0.15) is 53.6 Å². The molecule has 7 heterocycles. The third-order valence-corrected chi connectivity index (χ3v) is 16.2. The van der Waals surface area contributed by atoms with Crippen LogP contribution in [0.1, 0.15) is 30.7 Å². The van der Waals surface area contributed by atoms with Crippen molar-refractivity contribution < 1.29 is 41.7 Å². The number of anilines is 1. The number of likely N-dealkylation sites (N-methyl/N-ethyl adjacent to an activating group) is 1. The Hall–Kier alpha value is -5.11. The third kappa shape index (κ3) is 9.80. The number of alkyl halides is 1. The van der Waals surface area contributed by atoms with Crippen LogP contribution < -0.4 is 19.1 Å². The number of carboxylic acid groups (broad SMARTS) is 1. The van der Waals surface area contributed by atoms with Gasteiger partial charge >= 0.3 is 5.97 Å². The fourth-order valence-corrected chi connectivity index (χ4v) is 11.6. The molecule has 5 aliphatic rings. The number of ether oxygens (including phenoxy) is 4. The number of halogens is 3. The van der Waals surface area contributed by atoms with Crippen LogP contribution in [0.2, 0.25) is 0 Å². The number of piperazine rings is 1. The highest BCUT2D eigenvalue weighted by Crippen LogP contribution is 2.52. The van der Waals surface area contributed by atoms with Crippen molar-refractivity contribution in [3.63, 3.8) is 0 Å². The van der Waals surface area contributed by atoms with E-state index in [1.807, 2.05) is 18.7 Å². The number of fused-ring (bicyclic) bond motifs is 7. The lowest BCUT2D eigenvalue weighted by Gasteiger charge is -2.37. The molecule has 4 bridgehead atoms. The first-order valence-corrected chi connectivity index (χ1v) is 25.1. The molecule has 2 fully saturated rings. The van der Waals surface area contributed by atoms with E-state index in [0.717, 1.165) is 36.6 Å². The molecule has 4 atom stereocenters. The summed E-state index contributed by atoms with van der Waals surface area (Å²) < 4.78 is 64.7. The number of nitrogens with zero attached hydrogens (tertiary/aromatic N) is 7. The van der Waals surface area contributed by atoms with Crippen molar-refractivity contribution in [2.75, 3.05) is 75.9 Å². The van der Waals surface area contributed by atoms with Gasteiger partial charge in [0.2, 0.25) is 17.9 Å². The van der Waals surface area contributed by atoms with Crippen LogP contribution in [0.3, 0.4) is 0 Å². The summed E-state index contributed by atoms with van der Waals surface area (Å²) in [7, 11) is -1.01. The van der Waals surface area contributed by atoms with E-state index < -0.39 is 45.1 Å². The van der Waals surface area contributed by atoms with Gasteiger partial charge in [-0.05, 0) is 67.1 Å². The van der Waals surface area contributed by atoms with Crippen LogP contribution in [0.4, 0.5) is 10.3 Å². The molecule has 3 aromatic heterocycles. The standard InChI is InChI=1S/C46H48Cl2FN7O8S2/c1-26-36-27(2)40(48)41(39(26)47)63-33(22-55-14-12-54(3)13-15-55)24-61-32-8-9-34(62-23-31-10-11-50-46(53-31)56-16-18-66(59,60)19-17-56)29(20-32)21-35(45(57)58)64-43-38-37(36)42(65-44(38)52-25-51-43)28-4-6-30(49)7-5-28/h4-11,20,25-26,33,35,39H,12-19,21-24H2,1-3H3,(H,57,58)/t26?,33-,35-,39?/m1/s1. The molecule has 1 aliphatic carbocycles. The minimum atomic E-state index is -3.11. The van der Waals surface area contributed by atoms with Gasteiger partial charge in [0, 0.05) is 80.4 Å². The van der Waals surface area contributed by atoms with Gasteiger partial charge in [0.15, 0.2) is 9.84 Å². The van der Waals surface area contributed by atoms with Crippen LogP contribution in [0, 0.1) is 11.7 Å². The van der Waals surface area contributed by atoms with E-state index in [1.165, 1.54) is 29.8 Å². The number of aliphatic carboxylic acids is 1. The van der Waals surface area contributed by atoms with Gasteiger partial charge in [0.25, 0.3) is 0 Å². The average Bonchev–Trinajstić information content (AvgIpc) is 3.69. The summed E-state index contributed by atoms with van der Waals surface area (Å²) in [5.74, 6) is -0.380. The topological polar surface area (TPSA) is 170 Å². The maximum atomic E-state index is 14.4. The van der Waals surface area contributed by atoms with Gasteiger partial charge < -0.3 is 33.9 Å². The van der Waals surface area contributed by atoms with Crippen molar-refractivity contribution in [2.24, 2.45) is 5.92 Å². The molecular formula is C46H48Cl2FN7O8S2. The number of hydrogen-bond donors (Lipinski definition) is 1. The third-order valence-electron chi connectivity index (χ3n) is 12.4. The van der Waals surface area contributed by atoms with E-state index in [0.29, 0.717) is 73.0 Å². The van der Waals surface area contributed by atoms with E-state index in [9.17, 15) is 22.7 Å². The molecule has 4 aliphatic heterocycles. The van der Waals surface area contributed by atoms with Crippen molar-refractivity contribution in [2.45, 2.75) is 44.5 Å². The summed E-state index contributed by atoms with van der Waals surface area (Å²) in [4.78, 5) is 39.2. The van der Waals surface area contributed by atoms with E-state index in [4.69, 9.17) is 42.1 Å². The van der Waals surface area contributed by atoms with Gasteiger partial charge in [-0.2, -0.15) is 0 Å². The summed E-state index contributed by atoms with van der Waals surface area (Å²) in [5.41, 5.74) is 3.81. The monoisotopic (exact) mass is 979 g/mol. The molecule has 2 unspecified atom stereocenters. The zero-order valence-electron chi connectivity index (χ0n) is 36.5. The first-order valence-electron chi connectivity index (χ1n) is 21.6. The van der Waals surface area contributed by atoms with Crippen molar-refractivity contribution in [1.82, 2.24) is 29.7 Å². The molecule has 2 saturated heterocycles. The number of thiophene rings is 1. The molecule has 5 aromatic rings. The number of allylic oxidation sites excluding steroid dienone is 4. The number of benzene rings is 2. The highest BCUT2D eigenvalue weighted by Gasteiger charge is 2.39. The lowest BCUT2D eigenvalue weighted by atomic mass is 9.81. The van der Waals surface area contributed by atoms with Crippen LogP contribution in [0.25, 0.3) is 26.2 Å². The van der Waals surface area contributed by atoms with Gasteiger partial charge in [-0.25, -0.2) is 37.5 Å². The molecule has 20 heteroatoms. The predicted molar refractivity (Wildman–Crippen MR) is 251 cm³/mol. The van der Waals surface area contributed by atoms with Crippen LogP contribution in [0.15, 0.2) is 77.4 Å². The second kappa shape index (κ2) is 19.2. The Morgan fingerprint density at radius 2 is 1.77 bits per heavy atom. The summed E-state index contributed by atoms with van der Waals surface area (Å²) in [6.45, 7) is 8.52. The number of sulfone groups is 1. The largest absolute Gasteiger partial charge is 0.490 e. The van der Waals surface area contributed by atoms with Crippen molar-refractivity contribution in [3.8, 4) is 27.8 Å². The first-order chi connectivity index (χ1) is 31.7. The van der Waals surface area contributed by atoms with Crippen molar-refractivity contribution in [3.05, 3.63) is 100 Å². The van der Waals surface area contributed by atoms with Gasteiger partial charge in [-0.15, -0.1) is 22.9 Å². The number of carboxylic acids is 1. The summed E-state index contributed by atoms with van der Waals surface area (Å²) >= 11 is 16.1. The Morgan fingerprint density at radius 1 is 1.02 bits per heavy atom. The van der Waals surface area contributed by atoms with Crippen molar-refractivity contribution in [1.29, 1.82) is 0 Å². The average molecular weight is 981 g/mol. The van der Waals surface area contributed by atoms with E-state index in [2.05, 4.69) is 36.8 Å². The maximum absolute atomic E-state index is 14.4. The highest BCUT2D eigenvalue weighted by molar-refractivity contribution is 7.91. The van der Waals surface area contributed by atoms with Crippen LogP contribution in [-0.4, -0.2) is 138 Å².